The topological polar surface area (TPSA) is 0 Å². The molecule has 140 valence electrons. The minimum absolute atomic E-state index is 0.521. The average Bonchev–Trinajstić information content (AvgIpc) is 2.73. The lowest BCUT2D eigenvalue weighted by Gasteiger charge is -2.24. The fraction of sp³-hybridized carbons (Fsp3) is 0.308. The van der Waals surface area contributed by atoms with E-state index in [1.165, 1.54) is 65.6 Å². The molecule has 1 heteroatoms. The Morgan fingerprint density at radius 1 is 0.556 bits per heavy atom. The van der Waals surface area contributed by atoms with Crippen molar-refractivity contribution in [2.24, 2.45) is 0 Å². The van der Waals surface area contributed by atoms with Gasteiger partial charge < -0.3 is 0 Å². The van der Waals surface area contributed by atoms with Crippen LogP contribution in [0.4, 0.5) is 0 Å². The van der Waals surface area contributed by atoms with Crippen molar-refractivity contribution in [3.05, 3.63) is 90.0 Å². The third-order valence-corrected chi connectivity index (χ3v) is 7.73. The molecule has 0 aromatic heterocycles. The van der Waals surface area contributed by atoms with Gasteiger partial charge in [0.1, 0.15) is 0 Å². The first-order valence-corrected chi connectivity index (χ1v) is 11.7. The van der Waals surface area contributed by atoms with Crippen molar-refractivity contribution in [2.75, 3.05) is 0 Å². The molecule has 0 N–H and O–H groups in total. The first-order valence-electron chi connectivity index (χ1n) is 10.4. The van der Waals surface area contributed by atoms with Crippen LogP contribution in [0.25, 0.3) is 0 Å². The Hall–Kier alpha value is -1.91. The molecule has 0 saturated carbocycles. The summed E-state index contributed by atoms with van der Waals surface area (Å²) in [6.45, 7) is 4.56. The highest BCUT2D eigenvalue weighted by Gasteiger charge is 2.21. The Morgan fingerprint density at radius 3 is 1.48 bits per heavy atom. The van der Waals surface area contributed by atoms with Crippen molar-refractivity contribution in [1.82, 2.24) is 0 Å². The van der Waals surface area contributed by atoms with E-state index in [1.54, 1.807) is 0 Å². The van der Waals surface area contributed by atoms with Crippen LogP contribution in [0.5, 0.6) is 0 Å². The van der Waals surface area contributed by atoms with Gasteiger partial charge in [0.2, 0.25) is 0 Å². The van der Waals surface area contributed by atoms with Crippen LogP contribution in [0.2, 0.25) is 0 Å². The highest BCUT2D eigenvalue weighted by Crippen LogP contribution is 2.36. The van der Waals surface area contributed by atoms with Crippen molar-refractivity contribution >= 4 is 23.8 Å². The lowest BCUT2D eigenvalue weighted by atomic mass is 10.1. The number of hydrogen-bond acceptors (Lipinski definition) is 0. The fourth-order valence-electron chi connectivity index (χ4n) is 3.60. The van der Waals surface area contributed by atoms with Gasteiger partial charge >= 0.3 is 0 Å². The summed E-state index contributed by atoms with van der Waals surface area (Å²) in [5, 5.41) is 4.53. The van der Waals surface area contributed by atoms with E-state index in [-0.39, 0.29) is 0 Å². The first kappa shape index (κ1) is 19.8. The monoisotopic (exact) mass is 374 g/mol. The summed E-state index contributed by atoms with van der Waals surface area (Å²) >= 11 is 0. The maximum atomic E-state index is 2.38. The van der Waals surface area contributed by atoms with Crippen LogP contribution < -0.4 is 15.9 Å². The summed E-state index contributed by atoms with van der Waals surface area (Å²) in [6, 6.07) is 29.4. The van der Waals surface area contributed by atoms with Gasteiger partial charge in [-0.05, 0) is 60.6 Å². The molecule has 0 aliphatic carbocycles. The van der Waals surface area contributed by atoms with E-state index in [1.807, 2.05) is 0 Å². The molecule has 0 nitrogen and oxygen atoms in total. The van der Waals surface area contributed by atoms with Crippen molar-refractivity contribution in [2.45, 2.75) is 52.4 Å². The number of hydrogen-bond donors (Lipinski definition) is 0. The Bertz CT molecular complexity index is 771. The summed E-state index contributed by atoms with van der Waals surface area (Å²) in [6.07, 6.45) is 7.35. The molecule has 3 aromatic carbocycles. The van der Waals surface area contributed by atoms with E-state index >= 15 is 0 Å². The van der Waals surface area contributed by atoms with Gasteiger partial charge in [0.25, 0.3) is 0 Å². The lowest BCUT2D eigenvalue weighted by Crippen LogP contribution is -2.25. The zero-order valence-corrected chi connectivity index (χ0v) is 17.6. The molecular weight excluding hydrogens is 343 g/mol. The number of unbranched alkanes of at least 4 members (excludes halogenated alkanes) is 2. The number of benzene rings is 3. The van der Waals surface area contributed by atoms with E-state index in [0.717, 1.165) is 0 Å². The Balaban J connectivity index is 2.12. The quantitative estimate of drug-likeness (QED) is 0.395. The summed E-state index contributed by atoms with van der Waals surface area (Å²) in [4.78, 5) is 0. The third-order valence-electron chi connectivity index (χ3n) is 5.08. The van der Waals surface area contributed by atoms with Crippen LogP contribution in [-0.2, 0) is 12.8 Å². The van der Waals surface area contributed by atoms with Crippen molar-refractivity contribution < 1.29 is 0 Å². The molecule has 27 heavy (non-hydrogen) atoms. The summed E-state index contributed by atoms with van der Waals surface area (Å²) in [7, 11) is -0.521. The summed E-state index contributed by atoms with van der Waals surface area (Å²) in [5.41, 5.74) is 3.05. The lowest BCUT2D eigenvalue weighted by molar-refractivity contribution is 0.797. The van der Waals surface area contributed by atoms with Gasteiger partial charge in [-0.1, -0.05) is 106 Å². The second kappa shape index (κ2) is 10.4. The molecule has 0 saturated heterocycles. The molecule has 0 bridgehead atoms. The van der Waals surface area contributed by atoms with Gasteiger partial charge in [0, 0.05) is 0 Å². The van der Waals surface area contributed by atoms with E-state index in [0.29, 0.717) is 0 Å². The predicted molar refractivity (Wildman–Crippen MR) is 122 cm³/mol. The average molecular weight is 375 g/mol. The molecule has 0 spiro atoms. The largest absolute Gasteiger partial charge is 0.0654 e. The normalized spacial score (nSPS) is 11.1. The van der Waals surface area contributed by atoms with Crippen LogP contribution in [0.3, 0.4) is 0 Å². The van der Waals surface area contributed by atoms with Gasteiger partial charge in [-0.2, -0.15) is 0 Å². The van der Waals surface area contributed by atoms with E-state index in [4.69, 9.17) is 0 Å². The molecule has 3 aromatic rings. The highest BCUT2D eigenvalue weighted by molar-refractivity contribution is 7.80. The smallest absolute Gasteiger partial charge is 0.0119 e. The molecule has 3 rings (SSSR count). The molecular formula is C26H31P. The van der Waals surface area contributed by atoms with Gasteiger partial charge in [0.15, 0.2) is 0 Å². The molecule has 0 atom stereocenters. The van der Waals surface area contributed by atoms with Crippen molar-refractivity contribution in [3.63, 3.8) is 0 Å². The Morgan fingerprint density at radius 2 is 1.00 bits per heavy atom. The Labute approximate surface area is 166 Å². The predicted octanol–water partition coefficient (Wildman–Crippen LogP) is 6.13. The molecule has 0 radical (unpaired) electrons. The maximum Gasteiger partial charge on any atom is -0.0119 e. The molecule has 0 heterocycles. The van der Waals surface area contributed by atoms with E-state index in [2.05, 4.69) is 92.7 Å². The third kappa shape index (κ3) is 5.08. The molecule has 0 amide bonds. The number of aryl methyl sites for hydroxylation is 2. The van der Waals surface area contributed by atoms with Crippen molar-refractivity contribution in [3.8, 4) is 0 Å². The van der Waals surface area contributed by atoms with Crippen LogP contribution in [0.15, 0.2) is 78.9 Å². The van der Waals surface area contributed by atoms with Crippen molar-refractivity contribution in [1.29, 1.82) is 0 Å². The fourth-order valence-corrected chi connectivity index (χ4v) is 6.30. The highest BCUT2D eigenvalue weighted by atomic mass is 31.1. The first-order chi connectivity index (χ1) is 13.3. The minimum Gasteiger partial charge on any atom is -0.0654 e. The SMILES string of the molecule is CCCCc1ccccc1P(c1ccccc1)c1ccccc1CCCC. The second-order valence-corrected chi connectivity index (χ2v) is 9.29. The van der Waals surface area contributed by atoms with Gasteiger partial charge in [0.05, 0.1) is 0 Å². The van der Waals surface area contributed by atoms with E-state index in [9.17, 15) is 0 Å². The zero-order chi connectivity index (χ0) is 18.9. The van der Waals surface area contributed by atoms with E-state index < -0.39 is 7.92 Å². The van der Waals surface area contributed by atoms with Gasteiger partial charge in [-0.3, -0.25) is 0 Å². The zero-order valence-electron chi connectivity index (χ0n) is 16.7. The minimum atomic E-state index is -0.521. The summed E-state index contributed by atoms with van der Waals surface area (Å²) < 4.78 is 0. The van der Waals surface area contributed by atoms with Crippen LogP contribution in [0.1, 0.15) is 50.7 Å². The maximum absolute atomic E-state index is 2.38. The second-order valence-electron chi connectivity index (χ2n) is 7.14. The number of rotatable bonds is 9. The van der Waals surface area contributed by atoms with Crippen LogP contribution in [-0.4, -0.2) is 0 Å². The molecule has 0 aliphatic heterocycles. The van der Waals surface area contributed by atoms with Gasteiger partial charge in [-0.25, -0.2) is 0 Å². The summed E-state index contributed by atoms with van der Waals surface area (Å²) in [5.74, 6) is 0. The molecule has 0 unspecified atom stereocenters. The molecule has 0 fully saturated rings. The van der Waals surface area contributed by atoms with Crippen LogP contribution >= 0.6 is 7.92 Å². The Kier molecular flexibility index (Phi) is 7.66. The van der Waals surface area contributed by atoms with Crippen LogP contribution in [0, 0.1) is 0 Å². The molecule has 0 aliphatic rings. The van der Waals surface area contributed by atoms with Gasteiger partial charge in [-0.15, -0.1) is 0 Å². The standard InChI is InChI=1S/C26H31P/c1-3-5-14-22-16-10-12-20-25(22)27(24-18-8-7-9-19-24)26-21-13-11-17-23(26)15-6-4-2/h7-13,16-21H,3-6,14-15H2,1-2H3.